The molecule has 0 saturated carbocycles. The molecule has 0 aliphatic carbocycles. The molecule has 164 valence electrons. The van der Waals surface area contributed by atoms with E-state index < -0.39 is 5.82 Å². The van der Waals surface area contributed by atoms with Crippen molar-refractivity contribution >= 4 is 0 Å². The average molecular weight is 432 g/mol. The second kappa shape index (κ2) is 9.33. The fraction of sp³-hybridized carbons (Fsp3) is 0.320. The van der Waals surface area contributed by atoms with Crippen molar-refractivity contribution in [3.63, 3.8) is 0 Å². The Hall–Kier alpha value is -3.50. The Morgan fingerprint density at radius 3 is 2.50 bits per heavy atom. The van der Waals surface area contributed by atoms with E-state index in [1.54, 1.807) is 49.1 Å². The van der Waals surface area contributed by atoms with Gasteiger partial charge in [0.05, 0.1) is 23.9 Å². The molecule has 0 bridgehead atoms. The minimum atomic E-state index is -0.631. The molecular weight excluding hydrogens is 407 g/mol. The van der Waals surface area contributed by atoms with Gasteiger partial charge in [0.1, 0.15) is 23.5 Å². The van der Waals surface area contributed by atoms with Gasteiger partial charge in [-0.05, 0) is 61.7 Å². The molecule has 1 aliphatic rings. The van der Waals surface area contributed by atoms with Crippen molar-refractivity contribution < 1.29 is 9.13 Å². The van der Waals surface area contributed by atoms with E-state index in [2.05, 4.69) is 5.32 Å². The number of hydrogen-bond donors (Lipinski definition) is 1. The van der Waals surface area contributed by atoms with Crippen LogP contribution in [-0.4, -0.2) is 29.8 Å². The molecule has 0 atom stereocenters. The van der Waals surface area contributed by atoms with Crippen LogP contribution in [0, 0.1) is 23.1 Å². The van der Waals surface area contributed by atoms with Crippen molar-refractivity contribution in [3.8, 4) is 34.2 Å². The Bertz CT molecular complexity index is 1220. The number of ether oxygens (including phenoxy) is 1. The third kappa shape index (κ3) is 4.27. The summed E-state index contributed by atoms with van der Waals surface area (Å²) in [5.74, 6) is 1.16. The molecule has 2 heterocycles. The molecular formula is C25H25FN4O2. The van der Waals surface area contributed by atoms with Gasteiger partial charge in [0.2, 0.25) is 0 Å². The number of methoxy groups -OCH3 is 1. The Labute approximate surface area is 186 Å². The Balaban J connectivity index is 1.89. The second-order valence-electron chi connectivity index (χ2n) is 8.05. The molecule has 3 aromatic rings. The molecule has 0 radical (unpaired) electrons. The van der Waals surface area contributed by atoms with E-state index in [1.807, 2.05) is 6.07 Å². The summed E-state index contributed by atoms with van der Waals surface area (Å²) in [6, 6.07) is 13.3. The first kappa shape index (κ1) is 21.7. The van der Waals surface area contributed by atoms with Gasteiger partial charge in [-0.25, -0.2) is 9.37 Å². The lowest BCUT2D eigenvalue weighted by Gasteiger charge is -2.23. The highest BCUT2D eigenvalue weighted by molar-refractivity contribution is 5.80. The predicted octanol–water partition coefficient (Wildman–Crippen LogP) is 3.68. The van der Waals surface area contributed by atoms with Gasteiger partial charge < -0.3 is 10.1 Å². The summed E-state index contributed by atoms with van der Waals surface area (Å²) in [5, 5.41) is 12.4. The highest BCUT2D eigenvalue weighted by Gasteiger charge is 2.22. The van der Waals surface area contributed by atoms with Crippen molar-refractivity contribution in [1.29, 1.82) is 5.26 Å². The third-order valence-corrected chi connectivity index (χ3v) is 6.05. The van der Waals surface area contributed by atoms with Crippen LogP contribution in [0.4, 0.5) is 4.39 Å². The topological polar surface area (TPSA) is 79.9 Å². The van der Waals surface area contributed by atoms with E-state index in [9.17, 15) is 9.18 Å². The number of nitrogens with one attached hydrogen (secondary N) is 1. The zero-order valence-electron chi connectivity index (χ0n) is 18.2. The number of nitrogens with zero attached hydrogens (tertiary/aromatic N) is 3. The van der Waals surface area contributed by atoms with E-state index in [4.69, 9.17) is 15.0 Å². The van der Waals surface area contributed by atoms with E-state index in [0.717, 1.165) is 25.9 Å². The first-order valence-corrected chi connectivity index (χ1v) is 10.7. The quantitative estimate of drug-likeness (QED) is 0.665. The molecule has 0 spiro atoms. The molecule has 2 aromatic carbocycles. The van der Waals surface area contributed by atoms with Crippen LogP contribution in [0.5, 0.6) is 5.75 Å². The van der Waals surface area contributed by atoms with Gasteiger partial charge >= 0.3 is 0 Å². The van der Waals surface area contributed by atoms with Gasteiger partial charge in [-0.2, -0.15) is 5.26 Å². The molecule has 1 N–H and O–H groups in total. The standard InChI is InChI=1S/C25H25FN4O2/c1-30-22(13-16-9-11-28-12-10-16)29-24(18-3-4-19(15-27)21(26)14-18)23(25(30)31)17-5-7-20(32-2)8-6-17/h3-8,14,16,28H,9-13H2,1-2H3. The predicted molar refractivity (Wildman–Crippen MR) is 121 cm³/mol. The first-order chi connectivity index (χ1) is 15.5. The number of piperidine rings is 1. The SMILES string of the molecule is COc1ccc(-c2c(-c3ccc(C#N)c(F)c3)nc(CC3CCNCC3)n(C)c2=O)cc1. The summed E-state index contributed by atoms with van der Waals surface area (Å²) in [5.41, 5.74) is 1.73. The van der Waals surface area contributed by atoms with Crippen LogP contribution in [0.15, 0.2) is 47.3 Å². The second-order valence-corrected chi connectivity index (χ2v) is 8.05. The number of nitriles is 1. The Morgan fingerprint density at radius 1 is 1.19 bits per heavy atom. The lowest BCUT2D eigenvalue weighted by atomic mass is 9.93. The Kier molecular flexibility index (Phi) is 6.33. The van der Waals surface area contributed by atoms with Crippen LogP contribution in [0.3, 0.4) is 0 Å². The van der Waals surface area contributed by atoms with E-state index >= 15 is 0 Å². The monoisotopic (exact) mass is 432 g/mol. The summed E-state index contributed by atoms with van der Waals surface area (Å²) < 4.78 is 21.3. The van der Waals surface area contributed by atoms with Crippen molar-refractivity contribution in [1.82, 2.24) is 14.9 Å². The number of rotatable bonds is 5. The van der Waals surface area contributed by atoms with Crippen molar-refractivity contribution in [3.05, 3.63) is 70.0 Å². The van der Waals surface area contributed by atoms with Gasteiger partial charge in [0, 0.05) is 19.0 Å². The smallest absolute Gasteiger partial charge is 0.261 e. The molecule has 7 heteroatoms. The van der Waals surface area contributed by atoms with E-state index in [-0.39, 0.29) is 11.1 Å². The van der Waals surface area contributed by atoms with Gasteiger partial charge in [-0.3, -0.25) is 9.36 Å². The van der Waals surface area contributed by atoms with E-state index in [0.29, 0.717) is 46.3 Å². The maximum absolute atomic E-state index is 14.5. The zero-order chi connectivity index (χ0) is 22.7. The number of aromatic nitrogens is 2. The summed E-state index contributed by atoms with van der Waals surface area (Å²) in [4.78, 5) is 18.4. The molecule has 4 rings (SSSR count). The molecule has 0 unspecified atom stereocenters. The largest absolute Gasteiger partial charge is 0.497 e. The van der Waals surface area contributed by atoms with Crippen LogP contribution in [-0.2, 0) is 13.5 Å². The van der Waals surface area contributed by atoms with Gasteiger partial charge in [-0.1, -0.05) is 18.2 Å². The fourth-order valence-electron chi connectivity index (χ4n) is 4.15. The average Bonchev–Trinajstić information content (AvgIpc) is 2.82. The Morgan fingerprint density at radius 2 is 1.88 bits per heavy atom. The van der Waals surface area contributed by atoms with Crippen molar-refractivity contribution in [2.24, 2.45) is 13.0 Å². The molecule has 32 heavy (non-hydrogen) atoms. The van der Waals surface area contributed by atoms with E-state index in [1.165, 1.54) is 12.1 Å². The molecule has 1 aromatic heterocycles. The van der Waals surface area contributed by atoms with Crippen LogP contribution in [0.1, 0.15) is 24.2 Å². The summed E-state index contributed by atoms with van der Waals surface area (Å²) in [6.07, 6.45) is 2.73. The highest BCUT2D eigenvalue weighted by atomic mass is 19.1. The molecule has 6 nitrogen and oxygen atoms in total. The fourth-order valence-corrected chi connectivity index (χ4v) is 4.15. The normalized spacial score (nSPS) is 14.2. The van der Waals surface area contributed by atoms with Gasteiger partial charge in [0.25, 0.3) is 5.56 Å². The van der Waals surface area contributed by atoms with Crippen molar-refractivity contribution in [2.45, 2.75) is 19.3 Å². The van der Waals surface area contributed by atoms with Crippen LogP contribution in [0.2, 0.25) is 0 Å². The summed E-state index contributed by atoms with van der Waals surface area (Å²) >= 11 is 0. The third-order valence-electron chi connectivity index (χ3n) is 6.05. The van der Waals surface area contributed by atoms with Crippen LogP contribution >= 0.6 is 0 Å². The van der Waals surface area contributed by atoms with Gasteiger partial charge in [-0.15, -0.1) is 0 Å². The first-order valence-electron chi connectivity index (χ1n) is 10.7. The zero-order valence-corrected chi connectivity index (χ0v) is 18.2. The van der Waals surface area contributed by atoms with Crippen LogP contribution < -0.4 is 15.6 Å². The molecule has 1 saturated heterocycles. The minimum Gasteiger partial charge on any atom is -0.497 e. The number of benzene rings is 2. The lowest BCUT2D eigenvalue weighted by Crippen LogP contribution is -2.31. The summed E-state index contributed by atoms with van der Waals surface area (Å²) in [6.45, 7) is 1.91. The van der Waals surface area contributed by atoms with Gasteiger partial charge in [0.15, 0.2) is 0 Å². The summed E-state index contributed by atoms with van der Waals surface area (Å²) in [7, 11) is 3.32. The minimum absolute atomic E-state index is 0.0430. The number of halogens is 1. The van der Waals surface area contributed by atoms with Crippen molar-refractivity contribution in [2.75, 3.05) is 20.2 Å². The lowest BCUT2D eigenvalue weighted by molar-refractivity contribution is 0.363. The maximum Gasteiger partial charge on any atom is 0.261 e. The number of hydrogen-bond acceptors (Lipinski definition) is 5. The molecule has 0 amide bonds. The highest BCUT2D eigenvalue weighted by Crippen LogP contribution is 2.31. The maximum atomic E-state index is 14.5. The van der Waals surface area contributed by atoms with Crippen LogP contribution in [0.25, 0.3) is 22.4 Å². The molecule has 1 fully saturated rings. The molecule has 1 aliphatic heterocycles.